The van der Waals surface area contributed by atoms with Crippen LogP contribution < -0.4 is 9.47 Å². The molecule has 1 saturated heterocycles. The number of hydrogen-bond donors (Lipinski definition) is 0. The first-order valence-corrected chi connectivity index (χ1v) is 8.14. The summed E-state index contributed by atoms with van der Waals surface area (Å²) >= 11 is 0. The van der Waals surface area contributed by atoms with E-state index in [9.17, 15) is 9.18 Å². The Morgan fingerprint density at radius 1 is 1.04 bits per heavy atom. The Hall–Kier alpha value is -2.06. The zero-order valence-electron chi connectivity index (χ0n) is 16.1. The molecule has 6 nitrogen and oxygen atoms in total. The number of carbonyl (C=O) groups is 1. The number of halogens is 1. The lowest BCUT2D eigenvalue weighted by Crippen LogP contribution is -2.41. The summed E-state index contributed by atoms with van der Waals surface area (Å²) in [5.74, 6) is 0.298. The predicted molar refractivity (Wildman–Crippen MR) is 96.1 cm³/mol. The number of methoxy groups -OCH3 is 3. The van der Waals surface area contributed by atoms with Gasteiger partial charge in [0.2, 0.25) is 0 Å². The van der Waals surface area contributed by atoms with E-state index in [2.05, 4.69) is 0 Å². The fourth-order valence-electron chi connectivity index (χ4n) is 2.53. The van der Waals surface area contributed by atoms with Gasteiger partial charge in [-0.15, -0.1) is 0 Å². The van der Waals surface area contributed by atoms with Crippen LogP contribution in [0.15, 0.2) is 18.1 Å². The second-order valence-electron chi connectivity index (χ2n) is 6.89. The van der Waals surface area contributed by atoms with Crippen molar-refractivity contribution in [3.63, 3.8) is 0 Å². The molecule has 0 bridgehead atoms. The molecule has 2 rings (SSSR count). The second kappa shape index (κ2) is 7.29. The minimum absolute atomic E-state index is 0.0877. The molecule has 0 spiro atoms. The van der Waals surface area contributed by atoms with Crippen LogP contribution in [0.4, 0.5) is 4.39 Å². The van der Waals surface area contributed by atoms with Gasteiger partial charge in [-0.1, -0.05) is 0 Å². The molecule has 1 fully saturated rings. The van der Waals surface area contributed by atoms with Gasteiger partial charge in [0.1, 0.15) is 22.9 Å². The van der Waals surface area contributed by atoms with E-state index in [0.29, 0.717) is 0 Å². The zero-order valence-corrected chi connectivity index (χ0v) is 16.1. The first-order chi connectivity index (χ1) is 12.1. The zero-order chi connectivity index (χ0) is 19.7. The van der Waals surface area contributed by atoms with E-state index in [1.54, 1.807) is 0 Å². The maximum atomic E-state index is 14.8. The molecule has 0 atom stereocenters. The summed E-state index contributed by atoms with van der Waals surface area (Å²) < 4.78 is 41.5. The largest absolute Gasteiger partial charge is 0.496 e. The third kappa shape index (κ3) is 3.71. The summed E-state index contributed by atoms with van der Waals surface area (Å²) in [4.78, 5) is 11.9. The number of ether oxygens (including phenoxy) is 3. The van der Waals surface area contributed by atoms with Crippen LogP contribution >= 0.6 is 0 Å². The second-order valence-corrected chi connectivity index (χ2v) is 6.89. The Kier molecular flexibility index (Phi) is 5.68. The van der Waals surface area contributed by atoms with Crippen molar-refractivity contribution in [3.8, 4) is 11.5 Å². The molecule has 1 aliphatic heterocycles. The van der Waals surface area contributed by atoms with Crippen molar-refractivity contribution < 1.29 is 32.7 Å². The molecule has 0 saturated carbocycles. The Morgan fingerprint density at radius 2 is 1.50 bits per heavy atom. The van der Waals surface area contributed by atoms with Crippen molar-refractivity contribution in [2.45, 2.75) is 38.9 Å². The fraction of sp³-hybridized carbons (Fsp3) is 0.500. The number of benzene rings is 1. The Bertz CT molecular complexity index is 687. The highest BCUT2D eigenvalue weighted by molar-refractivity contribution is 6.53. The average molecular weight is 366 g/mol. The summed E-state index contributed by atoms with van der Waals surface area (Å²) in [5.41, 5.74) is -0.886. The quantitative estimate of drug-likeness (QED) is 0.588. The highest BCUT2D eigenvalue weighted by Crippen LogP contribution is 2.39. The molecule has 142 valence electrons. The lowest BCUT2D eigenvalue weighted by molar-refractivity contribution is 0.00578. The molecule has 0 N–H and O–H groups in total. The standard InChI is InChI=1S/C18H24BFO6/c1-17(2)18(3,4)26-19(25-17)10-12(20)11-8-13(22-5)15(16(21)24-7)14(9-11)23-6/h8-10H,1-7H3/b12-10-. The smallest absolute Gasteiger partial charge is 0.490 e. The van der Waals surface area contributed by atoms with Crippen molar-refractivity contribution in [3.05, 3.63) is 29.2 Å². The number of hydrogen-bond acceptors (Lipinski definition) is 6. The maximum absolute atomic E-state index is 14.8. The first-order valence-electron chi connectivity index (χ1n) is 8.14. The minimum atomic E-state index is -0.836. The van der Waals surface area contributed by atoms with E-state index in [4.69, 9.17) is 23.5 Å². The van der Waals surface area contributed by atoms with E-state index >= 15 is 0 Å². The normalized spacial score (nSPS) is 18.6. The molecule has 0 unspecified atom stereocenters. The Labute approximate surface area is 153 Å². The van der Waals surface area contributed by atoms with Crippen LogP contribution in [0.3, 0.4) is 0 Å². The summed E-state index contributed by atoms with van der Waals surface area (Å²) in [6, 6.07) is 2.79. The third-order valence-electron chi connectivity index (χ3n) is 4.73. The average Bonchev–Trinajstić information content (AvgIpc) is 2.79. The van der Waals surface area contributed by atoms with E-state index < -0.39 is 30.1 Å². The Morgan fingerprint density at radius 3 is 1.88 bits per heavy atom. The first kappa shape index (κ1) is 20.3. The van der Waals surface area contributed by atoms with Crippen molar-refractivity contribution in [1.29, 1.82) is 0 Å². The SMILES string of the molecule is COC(=O)c1c(OC)cc(/C(F)=C/B2OC(C)(C)C(C)(C)O2)cc1OC. The molecule has 26 heavy (non-hydrogen) atoms. The van der Waals surface area contributed by atoms with Crippen LogP contribution in [-0.2, 0) is 14.0 Å². The van der Waals surface area contributed by atoms with Crippen molar-refractivity contribution in [2.75, 3.05) is 21.3 Å². The predicted octanol–water partition coefficient (Wildman–Crippen LogP) is 3.43. The Balaban J connectivity index is 2.41. The molecule has 0 aliphatic carbocycles. The van der Waals surface area contributed by atoms with E-state index in [1.165, 1.54) is 39.4 Å². The molecule has 0 aromatic heterocycles. The van der Waals surface area contributed by atoms with Gasteiger partial charge in [0.15, 0.2) is 0 Å². The van der Waals surface area contributed by atoms with Gasteiger partial charge < -0.3 is 23.5 Å². The van der Waals surface area contributed by atoms with Crippen molar-refractivity contribution >= 4 is 18.9 Å². The van der Waals surface area contributed by atoms with Crippen LogP contribution in [0.2, 0.25) is 0 Å². The van der Waals surface area contributed by atoms with Gasteiger partial charge in [0.05, 0.1) is 32.5 Å². The number of carbonyl (C=O) groups excluding carboxylic acids is 1. The molecule has 1 aromatic carbocycles. The van der Waals surface area contributed by atoms with Gasteiger partial charge in [0, 0.05) is 5.56 Å². The van der Waals surface area contributed by atoms with E-state index in [1.807, 2.05) is 27.7 Å². The van der Waals surface area contributed by atoms with Crippen molar-refractivity contribution in [2.24, 2.45) is 0 Å². The fourth-order valence-corrected chi connectivity index (χ4v) is 2.53. The summed E-state index contributed by atoms with van der Waals surface area (Å²) in [5, 5.41) is 0. The summed E-state index contributed by atoms with van der Waals surface area (Å²) in [6.07, 6.45) is 0. The molecule has 0 amide bonds. The van der Waals surface area contributed by atoms with Gasteiger partial charge >= 0.3 is 13.1 Å². The molecule has 1 aliphatic rings. The lowest BCUT2D eigenvalue weighted by atomic mass is 9.88. The van der Waals surface area contributed by atoms with Gasteiger partial charge in [-0.2, -0.15) is 0 Å². The summed E-state index contributed by atoms with van der Waals surface area (Å²) in [6.45, 7) is 7.54. The maximum Gasteiger partial charge on any atom is 0.490 e. The van der Waals surface area contributed by atoms with E-state index in [0.717, 1.165) is 0 Å². The van der Waals surface area contributed by atoms with Crippen LogP contribution in [0.1, 0.15) is 43.6 Å². The highest BCUT2D eigenvalue weighted by Gasteiger charge is 2.50. The molecule has 1 aromatic rings. The van der Waals surface area contributed by atoms with Gasteiger partial charge in [-0.05, 0) is 45.8 Å². The highest BCUT2D eigenvalue weighted by atomic mass is 19.1. The number of esters is 1. The topological polar surface area (TPSA) is 63.2 Å². The molecule has 0 radical (unpaired) electrons. The van der Waals surface area contributed by atoms with Crippen LogP contribution in [0, 0.1) is 0 Å². The third-order valence-corrected chi connectivity index (χ3v) is 4.73. The van der Waals surface area contributed by atoms with Crippen LogP contribution in [0.25, 0.3) is 5.83 Å². The number of rotatable bonds is 5. The van der Waals surface area contributed by atoms with Gasteiger partial charge in [-0.25, -0.2) is 9.18 Å². The molecule has 1 heterocycles. The van der Waals surface area contributed by atoms with Gasteiger partial charge in [0.25, 0.3) is 0 Å². The lowest BCUT2D eigenvalue weighted by Gasteiger charge is -2.32. The molecule has 8 heteroatoms. The van der Waals surface area contributed by atoms with Crippen LogP contribution in [0.5, 0.6) is 11.5 Å². The van der Waals surface area contributed by atoms with E-state index in [-0.39, 0.29) is 22.6 Å². The minimum Gasteiger partial charge on any atom is -0.496 e. The van der Waals surface area contributed by atoms with Crippen molar-refractivity contribution in [1.82, 2.24) is 0 Å². The van der Waals surface area contributed by atoms with Gasteiger partial charge in [-0.3, -0.25) is 0 Å². The van der Waals surface area contributed by atoms with Crippen LogP contribution in [-0.4, -0.2) is 45.6 Å². The molecular formula is C18H24BFO6. The summed E-state index contributed by atoms with van der Waals surface area (Å²) in [7, 11) is 3.16. The monoisotopic (exact) mass is 366 g/mol. The molecular weight excluding hydrogens is 342 g/mol.